The van der Waals surface area contributed by atoms with Crippen LogP contribution in [-0.2, 0) is 0 Å². The van der Waals surface area contributed by atoms with Crippen molar-refractivity contribution in [2.75, 3.05) is 0 Å². The molecule has 1 heterocycles. The number of nitrogens with one attached hydrogen (secondary N) is 1. The lowest BCUT2D eigenvalue weighted by molar-refractivity contribution is 0.0569. The number of H-pyrrole nitrogens is 1. The van der Waals surface area contributed by atoms with E-state index >= 15 is 0 Å². The van der Waals surface area contributed by atoms with E-state index in [9.17, 15) is 4.79 Å². The Morgan fingerprint density at radius 3 is 2.72 bits per heavy atom. The van der Waals surface area contributed by atoms with E-state index in [0.29, 0.717) is 16.2 Å². The van der Waals surface area contributed by atoms with Gasteiger partial charge in [-0.1, -0.05) is 25.4 Å². The fourth-order valence-electron chi connectivity index (χ4n) is 4.16. The lowest BCUT2D eigenvalue weighted by atomic mass is 9.66. The molecule has 0 aliphatic heterocycles. The summed E-state index contributed by atoms with van der Waals surface area (Å²) in [4.78, 5) is 14.5. The van der Waals surface area contributed by atoms with Gasteiger partial charge in [0.1, 0.15) is 5.75 Å². The predicted octanol–water partition coefficient (Wildman–Crippen LogP) is 4.64. The van der Waals surface area contributed by atoms with E-state index in [0.717, 1.165) is 43.9 Å². The van der Waals surface area contributed by atoms with Gasteiger partial charge < -0.3 is 15.5 Å². The average molecular weight is 363 g/mol. The van der Waals surface area contributed by atoms with Gasteiger partial charge in [-0.2, -0.15) is 0 Å². The minimum absolute atomic E-state index is 0.134. The van der Waals surface area contributed by atoms with Crippen LogP contribution in [0.2, 0.25) is 5.02 Å². The summed E-state index contributed by atoms with van der Waals surface area (Å²) < 4.78 is 6.20. The van der Waals surface area contributed by atoms with Gasteiger partial charge in [0.15, 0.2) is 0 Å². The molecular weight excluding hydrogens is 336 g/mol. The average Bonchev–Trinajstić information content (AvgIpc) is 2.63. The number of rotatable bonds is 5. The van der Waals surface area contributed by atoms with Crippen LogP contribution in [0.4, 0.5) is 0 Å². The molecule has 1 fully saturated rings. The summed E-state index contributed by atoms with van der Waals surface area (Å²) in [7, 11) is 0. The molecule has 1 aromatic heterocycles. The lowest BCUT2D eigenvalue weighted by Gasteiger charge is -2.43. The molecule has 136 valence electrons. The van der Waals surface area contributed by atoms with Crippen LogP contribution in [0, 0.1) is 5.41 Å². The highest BCUT2D eigenvalue weighted by Gasteiger charge is 2.38. The van der Waals surface area contributed by atoms with Crippen LogP contribution in [0.15, 0.2) is 29.2 Å². The van der Waals surface area contributed by atoms with Gasteiger partial charge in [-0.05, 0) is 67.5 Å². The number of aromatic amines is 1. The van der Waals surface area contributed by atoms with Crippen molar-refractivity contribution in [3.63, 3.8) is 0 Å². The predicted molar refractivity (Wildman–Crippen MR) is 103 cm³/mol. The number of fused-ring (bicyclic) bond motifs is 1. The molecule has 0 bridgehead atoms. The SMILES string of the molecule is CCC(N)[C@]1(CC)CC[C@H](Oc2cc3cc[nH]c(=O)c3cc2Cl)CC1. The maximum absolute atomic E-state index is 11.9. The van der Waals surface area contributed by atoms with Crippen LogP contribution in [0.1, 0.15) is 52.4 Å². The standard InChI is InChI=1S/C20H27ClN2O2/c1-3-18(22)20(4-2)8-5-14(6-9-20)25-17-11-13-7-10-23-19(24)15(13)12-16(17)21/h7,10-12,14,18H,3-6,8-9,22H2,1-2H3,(H,23,24)/t14-,18?,20+. The molecule has 1 aromatic carbocycles. The highest BCUT2D eigenvalue weighted by molar-refractivity contribution is 6.32. The maximum Gasteiger partial charge on any atom is 0.255 e. The molecule has 1 saturated carbocycles. The lowest BCUT2D eigenvalue weighted by Crippen LogP contribution is -2.45. The largest absolute Gasteiger partial charge is 0.489 e. The normalized spacial score (nSPS) is 25.0. The zero-order valence-corrected chi connectivity index (χ0v) is 15.7. The van der Waals surface area contributed by atoms with Gasteiger partial charge in [-0.25, -0.2) is 0 Å². The third-order valence-electron chi connectivity index (χ3n) is 5.98. The summed E-state index contributed by atoms with van der Waals surface area (Å²) in [5, 5.41) is 1.92. The molecule has 0 saturated heterocycles. The van der Waals surface area contributed by atoms with Crippen LogP contribution >= 0.6 is 11.6 Å². The maximum atomic E-state index is 11.9. The fourth-order valence-corrected chi connectivity index (χ4v) is 4.37. The summed E-state index contributed by atoms with van der Waals surface area (Å²) in [5.74, 6) is 0.661. The van der Waals surface area contributed by atoms with Gasteiger partial charge in [-0.3, -0.25) is 4.79 Å². The number of halogens is 1. The quantitative estimate of drug-likeness (QED) is 0.814. The van der Waals surface area contributed by atoms with E-state index in [1.165, 1.54) is 0 Å². The molecule has 1 aliphatic carbocycles. The first-order valence-electron chi connectivity index (χ1n) is 9.22. The van der Waals surface area contributed by atoms with Crippen molar-refractivity contribution in [1.29, 1.82) is 0 Å². The van der Waals surface area contributed by atoms with E-state index < -0.39 is 0 Å². The Hall–Kier alpha value is -1.52. The summed E-state index contributed by atoms with van der Waals surface area (Å²) in [6, 6.07) is 5.68. The fraction of sp³-hybridized carbons (Fsp3) is 0.550. The van der Waals surface area contributed by atoms with Gasteiger partial charge in [0.25, 0.3) is 5.56 Å². The van der Waals surface area contributed by atoms with Crippen LogP contribution in [0.5, 0.6) is 5.75 Å². The van der Waals surface area contributed by atoms with Gasteiger partial charge in [0, 0.05) is 17.6 Å². The van der Waals surface area contributed by atoms with E-state index in [1.54, 1.807) is 12.3 Å². The highest BCUT2D eigenvalue weighted by Crippen LogP contribution is 2.43. The number of hydrogen-bond acceptors (Lipinski definition) is 3. The Morgan fingerprint density at radius 1 is 1.36 bits per heavy atom. The third-order valence-corrected chi connectivity index (χ3v) is 6.27. The molecule has 1 atom stereocenters. The van der Waals surface area contributed by atoms with Crippen LogP contribution in [-0.4, -0.2) is 17.1 Å². The molecule has 25 heavy (non-hydrogen) atoms. The number of hydrogen-bond donors (Lipinski definition) is 2. The summed E-state index contributed by atoms with van der Waals surface area (Å²) in [5.41, 5.74) is 6.51. The van der Waals surface area contributed by atoms with Crippen molar-refractivity contribution in [2.24, 2.45) is 11.1 Å². The summed E-state index contributed by atoms with van der Waals surface area (Å²) in [6.45, 7) is 4.41. The molecule has 0 amide bonds. The second kappa shape index (κ2) is 7.38. The molecule has 1 aliphatic rings. The molecule has 4 nitrogen and oxygen atoms in total. The number of ether oxygens (including phenoxy) is 1. The molecule has 3 rings (SSSR count). The third kappa shape index (κ3) is 3.56. The van der Waals surface area contributed by atoms with E-state index in [2.05, 4.69) is 18.8 Å². The van der Waals surface area contributed by atoms with Gasteiger partial charge in [0.05, 0.1) is 11.1 Å². The van der Waals surface area contributed by atoms with Crippen molar-refractivity contribution in [2.45, 2.75) is 64.5 Å². The Kier molecular flexibility index (Phi) is 5.40. The van der Waals surface area contributed by atoms with Gasteiger partial charge in [-0.15, -0.1) is 0 Å². The van der Waals surface area contributed by atoms with Crippen molar-refractivity contribution >= 4 is 22.4 Å². The molecule has 0 spiro atoms. The molecule has 3 N–H and O–H groups in total. The first-order valence-corrected chi connectivity index (χ1v) is 9.60. The Balaban J connectivity index is 1.75. The number of nitrogens with two attached hydrogens (primary N) is 1. The van der Waals surface area contributed by atoms with E-state index in [4.69, 9.17) is 22.1 Å². The first kappa shape index (κ1) is 18.3. The number of benzene rings is 1. The van der Waals surface area contributed by atoms with E-state index in [1.807, 2.05) is 12.1 Å². The second-order valence-corrected chi connectivity index (χ2v) is 7.63. The second-order valence-electron chi connectivity index (χ2n) is 7.22. The van der Waals surface area contributed by atoms with Crippen molar-refractivity contribution < 1.29 is 4.74 Å². The van der Waals surface area contributed by atoms with Crippen molar-refractivity contribution in [3.8, 4) is 5.75 Å². The molecule has 5 heteroatoms. The molecular formula is C20H27ClN2O2. The monoisotopic (exact) mass is 362 g/mol. The summed E-state index contributed by atoms with van der Waals surface area (Å²) >= 11 is 6.35. The Bertz CT molecular complexity index is 794. The number of pyridine rings is 1. The smallest absolute Gasteiger partial charge is 0.255 e. The minimum atomic E-state index is -0.134. The molecule has 1 unspecified atom stereocenters. The van der Waals surface area contributed by atoms with Crippen LogP contribution in [0.3, 0.4) is 0 Å². The zero-order chi connectivity index (χ0) is 18.0. The Labute approximate surface area is 153 Å². The summed E-state index contributed by atoms with van der Waals surface area (Å²) in [6.07, 6.45) is 8.10. The Morgan fingerprint density at radius 2 is 2.08 bits per heavy atom. The van der Waals surface area contributed by atoms with Crippen molar-refractivity contribution in [3.05, 3.63) is 39.8 Å². The van der Waals surface area contributed by atoms with Crippen molar-refractivity contribution in [1.82, 2.24) is 4.98 Å². The van der Waals surface area contributed by atoms with Crippen LogP contribution < -0.4 is 16.0 Å². The first-order chi connectivity index (χ1) is 12.0. The molecule has 0 radical (unpaired) electrons. The van der Waals surface area contributed by atoms with Crippen LogP contribution in [0.25, 0.3) is 10.8 Å². The topological polar surface area (TPSA) is 68.1 Å². The zero-order valence-electron chi connectivity index (χ0n) is 15.0. The van der Waals surface area contributed by atoms with Gasteiger partial charge in [0.2, 0.25) is 0 Å². The van der Waals surface area contributed by atoms with Gasteiger partial charge >= 0.3 is 0 Å². The molecule has 2 aromatic rings. The number of aromatic nitrogens is 1. The minimum Gasteiger partial charge on any atom is -0.489 e. The van der Waals surface area contributed by atoms with E-state index in [-0.39, 0.29) is 23.1 Å². The highest BCUT2D eigenvalue weighted by atomic mass is 35.5.